The van der Waals surface area contributed by atoms with Gasteiger partial charge in [-0.3, -0.25) is 5.32 Å². The first-order valence-electron chi connectivity index (χ1n) is 6.50. The second-order valence-electron chi connectivity index (χ2n) is 4.36. The molecule has 0 saturated heterocycles. The van der Waals surface area contributed by atoms with Crippen LogP contribution in [-0.2, 0) is 0 Å². The molecule has 21 heavy (non-hydrogen) atoms. The number of urea groups is 1. The number of nitrogens with one attached hydrogen (secondary N) is 2. The average Bonchev–Trinajstić information content (AvgIpc) is 2.86. The van der Waals surface area contributed by atoms with Crippen LogP contribution in [0.5, 0.6) is 0 Å². The number of carbonyl (C=O) groups is 1. The summed E-state index contributed by atoms with van der Waals surface area (Å²) in [5.41, 5.74) is 0. The number of nitrogens with zero attached hydrogens (tertiary/aromatic N) is 1. The maximum atomic E-state index is 11.6. The number of rotatable bonds is 6. The Morgan fingerprint density at radius 2 is 2.14 bits per heavy atom. The number of aromatic nitrogens is 1. The molecule has 7 heteroatoms. The van der Waals surface area contributed by atoms with Crippen molar-refractivity contribution >= 4 is 39.5 Å². The normalized spacial score (nSPS) is 10.4. The maximum absolute atomic E-state index is 11.6. The minimum atomic E-state index is -0.267. The zero-order chi connectivity index (χ0) is 15.1. The lowest BCUT2D eigenvalue weighted by Gasteiger charge is -2.05. The van der Waals surface area contributed by atoms with E-state index < -0.39 is 0 Å². The molecule has 0 aliphatic carbocycles. The number of hydrogen-bond acceptors (Lipinski definition) is 4. The van der Waals surface area contributed by atoms with Gasteiger partial charge in [0.15, 0.2) is 5.82 Å². The highest BCUT2D eigenvalue weighted by atomic mass is 79.9. The van der Waals surface area contributed by atoms with Gasteiger partial charge in [0, 0.05) is 22.0 Å². The fraction of sp³-hybridized carbons (Fsp3) is 0.286. The van der Waals surface area contributed by atoms with Crippen LogP contribution in [0, 0.1) is 6.92 Å². The van der Waals surface area contributed by atoms with Crippen LogP contribution in [0.25, 0.3) is 0 Å². The highest BCUT2D eigenvalue weighted by Gasteiger charge is 2.04. The van der Waals surface area contributed by atoms with Crippen LogP contribution in [0.4, 0.5) is 10.6 Å². The molecule has 2 aromatic rings. The van der Waals surface area contributed by atoms with E-state index in [1.54, 1.807) is 24.8 Å². The molecule has 1 heterocycles. The Labute approximate surface area is 136 Å². The number of amides is 2. The topological polar surface area (TPSA) is 67.2 Å². The van der Waals surface area contributed by atoms with E-state index >= 15 is 0 Å². The van der Waals surface area contributed by atoms with Crippen LogP contribution in [0.3, 0.4) is 0 Å². The molecule has 0 saturated carbocycles. The lowest BCUT2D eigenvalue weighted by atomic mass is 10.4. The number of thioether (sulfide) groups is 1. The van der Waals surface area contributed by atoms with Gasteiger partial charge in [-0.15, -0.1) is 11.8 Å². The first-order chi connectivity index (χ1) is 10.1. The summed E-state index contributed by atoms with van der Waals surface area (Å²) in [4.78, 5) is 12.8. The molecule has 5 nitrogen and oxygen atoms in total. The van der Waals surface area contributed by atoms with Crippen molar-refractivity contribution in [2.45, 2.75) is 18.2 Å². The van der Waals surface area contributed by atoms with Crippen molar-refractivity contribution in [3.05, 3.63) is 40.6 Å². The molecule has 1 aromatic heterocycles. The molecular weight excluding hydrogens is 354 g/mol. The Kier molecular flexibility index (Phi) is 6.13. The first-order valence-corrected chi connectivity index (χ1v) is 8.28. The van der Waals surface area contributed by atoms with Gasteiger partial charge in [-0.05, 0) is 43.4 Å². The zero-order valence-electron chi connectivity index (χ0n) is 11.6. The molecule has 0 aliphatic rings. The van der Waals surface area contributed by atoms with Crippen LogP contribution in [0.2, 0.25) is 0 Å². The summed E-state index contributed by atoms with van der Waals surface area (Å²) < 4.78 is 5.94. The fourth-order valence-electron chi connectivity index (χ4n) is 1.58. The smallest absolute Gasteiger partial charge is 0.320 e. The Morgan fingerprint density at radius 3 is 2.81 bits per heavy atom. The summed E-state index contributed by atoms with van der Waals surface area (Å²) in [6.07, 6.45) is 0.895. The molecule has 2 rings (SSSR count). The van der Waals surface area contributed by atoms with E-state index in [2.05, 4.69) is 43.9 Å². The van der Waals surface area contributed by atoms with Crippen molar-refractivity contribution in [2.75, 3.05) is 17.6 Å². The highest BCUT2D eigenvalue weighted by molar-refractivity contribution is 9.10. The monoisotopic (exact) mass is 369 g/mol. The van der Waals surface area contributed by atoms with Crippen LogP contribution in [0.1, 0.15) is 12.2 Å². The van der Waals surface area contributed by atoms with Crippen molar-refractivity contribution in [3.8, 4) is 0 Å². The van der Waals surface area contributed by atoms with Crippen molar-refractivity contribution in [3.63, 3.8) is 0 Å². The van der Waals surface area contributed by atoms with Crippen molar-refractivity contribution in [1.82, 2.24) is 10.5 Å². The lowest BCUT2D eigenvalue weighted by Crippen LogP contribution is -2.29. The summed E-state index contributed by atoms with van der Waals surface area (Å²) in [5.74, 6) is 2.04. The van der Waals surface area contributed by atoms with Gasteiger partial charge in [0.2, 0.25) is 0 Å². The van der Waals surface area contributed by atoms with Crippen LogP contribution in [0.15, 0.2) is 44.2 Å². The van der Waals surface area contributed by atoms with Crippen LogP contribution in [-0.4, -0.2) is 23.5 Å². The van der Waals surface area contributed by atoms with E-state index in [4.69, 9.17) is 4.52 Å². The quantitative estimate of drug-likeness (QED) is 0.595. The first kappa shape index (κ1) is 15.9. The van der Waals surface area contributed by atoms with Crippen molar-refractivity contribution in [1.29, 1.82) is 0 Å². The molecule has 1 aromatic carbocycles. The Balaban J connectivity index is 1.59. The standard InChI is InChI=1S/C14H16BrN3O2S/c1-10-9-13(18-20-10)17-14(19)16-7-2-8-21-12-5-3-11(15)4-6-12/h3-6,9H,2,7-8H2,1H3,(H2,16,17,18,19). The third-order valence-corrected chi connectivity index (χ3v) is 4.19. The van der Waals surface area contributed by atoms with Crippen molar-refractivity contribution < 1.29 is 9.32 Å². The number of carbonyl (C=O) groups excluding carboxylic acids is 1. The zero-order valence-corrected chi connectivity index (χ0v) is 14.0. The van der Waals surface area contributed by atoms with E-state index in [-0.39, 0.29) is 6.03 Å². The molecule has 0 spiro atoms. The Hall–Kier alpha value is -1.47. The SMILES string of the molecule is Cc1cc(NC(=O)NCCCSc2ccc(Br)cc2)no1. The molecule has 0 aliphatic heterocycles. The summed E-state index contributed by atoms with van der Waals surface area (Å²) in [7, 11) is 0. The fourth-order valence-corrected chi connectivity index (χ4v) is 2.70. The molecule has 0 radical (unpaired) electrons. The molecule has 2 amide bonds. The number of benzene rings is 1. The predicted octanol–water partition coefficient (Wildman–Crippen LogP) is 4.05. The van der Waals surface area contributed by atoms with E-state index in [1.165, 1.54) is 4.90 Å². The van der Waals surface area contributed by atoms with Gasteiger partial charge in [-0.2, -0.15) is 0 Å². The summed E-state index contributed by atoms with van der Waals surface area (Å²) >= 11 is 5.18. The number of anilines is 1. The summed E-state index contributed by atoms with van der Waals surface area (Å²) in [6, 6.07) is 9.59. The molecular formula is C14H16BrN3O2S. The number of aryl methyl sites for hydroxylation is 1. The van der Waals surface area contributed by atoms with E-state index in [9.17, 15) is 4.79 Å². The van der Waals surface area contributed by atoms with Gasteiger partial charge in [0.1, 0.15) is 5.76 Å². The number of hydrogen-bond donors (Lipinski definition) is 2. The molecule has 0 unspecified atom stereocenters. The number of halogens is 1. The largest absolute Gasteiger partial charge is 0.360 e. The van der Waals surface area contributed by atoms with Crippen LogP contribution < -0.4 is 10.6 Å². The molecule has 0 bridgehead atoms. The van der Waals surface area contributed by atoms with Gasteiger partial charge < -0.3 is 9.84 Å². The van der Waals surface area contributed by atoms with Gasteiger partial charge in [0.05, 0.1) is 0 Å². The predicted molar refractivity (Wildman–Crippen MR) is 87.7 cm³/mol. The van der Waals surface area contributed by atoms with Crippen LogP contribution >= 0.6 is 27.7 Å². The van der Waals surface area contributed by atoms with Gasteiger partial charge >= 0.3 is 6.03 Å². The van der Waals surface area contributed by atoms with E-state index in [0.717, 1.165) is 16.6 Å². The minimum absolute atomic E-state index is 0.267. The lowest BCUT2D eigenvalue weighted by molar-refractivity contribution is 0.252. The Bertz CT molecular complexity index is 586. The van der Waals surface area contributed by atoms with E-state index in [0.29, 0.717) is 18.1 Å². The molecule has 2 N–H and O–H groups in total. The van der Waals surface area contributed by atoms with E-state index in [1.807, 2.05) is 12.1 Å². The summed E-state index contributed by atoms with van der Waals surface area (Å²) in [5, 5.41) is 9.09. The average molecular weight is 370 g/mol. The minimum Gasteiger partial charge on any atom is -0.360 e. The highest BCUT2D eigenvalue weighted by Crippen LogP contribution is 2.20. The third-order valence-electron chi connectivity index (χ3n) is 2.56. The maximum Gasteiger partial charge on any atom is 0.320 e. The molecule has 0 atom stereocenters. The second kappa shape index (κ2) is 8.09. The summed E-state index contributed by atoms with van der Waals surface area (Å²) in [6.45, 7) is 2.39. The third kappa shape index (κ3) is 5.81. The van der Waals surface area contributed by atoms with Gasteiger partial charge in [-0.25, -0.2) is 4.79 Å². The second-order valence-corrected chi connectivity index (χ2v) is 6.44. The van der Waals surface area contributed by atoms with Gasteiger partial charge in [0.25, 0.3) is 0 Å². The Morgan fingerprint density at radius 1 is 1.38 bits per heavy atom. The van der Waals surface area contributed by atoms with Crippen molar-refractivity contribution in [2.24, 2.45) is 0 Å². The van der Waals surface area contributed by atoms with Gasteiger partial charge in [-0.1, -0.05) is 21.1 Å². The molecule has 112 valence electrons. The molecule has 0 fully saturated rings.